The van der Waals surface area contributed by atoms with Crippen LogP contribution in [0.25, 0.3) is 0 Å². The quantitative estimate of drug-likeness (QED) is 0.194. The molecule has 2 unspecified atom stereocenters. The summed E-state index contributed by atoms with van der Waals surface area (Å²) in [6.45, 7) is 5.98. The Labute approximate surface area is 252 Å². The Morgan fingerprint density at radius 3 is 2.26 bits per heavy atom. The van der Waals surface area contributed by atoms with Crippen molar-refractivity contribution in [2.45, 2.75) is 52.1 Å². The summed E-state index contributed by atoms with van der Waals surface area (Å²) in [4.78, 5) is 44.3. The molecule has 0 fully saturated rings. The molecule has 9 heteroatoms. The van der Waals surface area contributed by atoms with Gasteiger partial charge in [-0.3, -0.25) is 14.4 Å². The topological polar surface area (TPSA) is 79.4 Å². The maximum Gasteiger partial charge on any atom is 0.305 e. The molecule has 4 rings (SSSR count). The number of nitrogens with zero attached hydrogens (tertiary/aromatic N) is 3. The van der Waals surface area contributed by atoms with Crippen LogP contribution in [-0.2, 0) is 14.3 Å². The molecule has 2 amide bonds. The second-order valence-corrected chi connectivity index (χ2v) is 11.0. The molecule has 0 N–H and O–H groups in total. The van der Waals surface area contributed by atoms with Gasteiger partial charge < -0.3 is 24.2 Å². The van der Waals surface area contributed by atoms with Gasteiger partial charge in [0, 0.05) is 61.5 Å². The lowest BCUT2D eigenvalue weighted by Crippen LogP contribution is -2.47. The first-order valence-electron chi connectivity index (χ1n) is 14.2. The van der Waals surface area contributed by atoms with E-state index in [1.807, 2.05) is 80.5 Å². The third-order valence-corrected chi connectivity index (χ3v) is 7.58. The van der Waals surface area contributed by atoms with Crippen molar-refractivity contribution in [2.75, 3.05) is 42.0 Å². The number of ether oxygens (including phenoxy) is 2. The highest BCUT2D eigenvalue weighted by molar-refractivity contribution is 6.30. The largest absolute Gasteiger partial charge is 0.494 e. The molecule has 1 aliphatic rings. The summed E-state index contributed by atoms with van der Waals surface area (Å²) in [5.41, 5.74) is 3.82. The van der Waals surface area contributed by atoms with Gasteiger partial charge in [-0.2, -0.15) is 0 Å². The highest BCUT2D eigenvalue weighted by atomic mass is 35.5. The van der Waals surface area contributed by atoms with Gasteiger partial charge in [-0.25, -0.2) is 0 Å². The van der Waals surface area contributed by atoms with Crippen molar-refractivity contribution in [1.82, 2.24) is 0 Å². The molecule has 0 aromatic heterocycles. The molecule has 42 heavy (non-hydrogen) atoms. The van der Waals surface area contributed by atoms with Crippen molar-refractivity contribution in [3.63, 3.8) is 0 Å². The van der Waals surface area contributed by atoms with Crippen LogP contribution in [0.2, 0.25) is 5.02 Å². The first-order valence-corrected chi connectivity index (χ1v) is 14.6. The van der Waals surface area contributed by atoms with E-state index in [1.54, 1.807) is 35.8 Å². The summed E-state index contributed by atoms with van der Waals surface area (Å²) in [7, 11) is 3.91. The van der Waals surface area contributed by atoms with E-state index in [4.69, 9.17) is 21.1 Å². The molecule has 1 aliphatic heterocycles. The van der Waals surface area contributed by atoms with E-state index in [2.05, 4.69) is 0 Å². The number of anilines is 3. The van der Waals surface area contributed by atoms with E-state index in [-0.39, 0.29) is 36.3 Å². The van der Waals surface area contributed by atoms with Crippen LogP contribution in [-0.4, -0.2) is 51.1 Å². The molecule has 0 bridgehead atoms. The van der Waals surface area contributed by atoms with E-state index < -0.39 is 0 Å². The highest BCUT2D eigenvalue weighted by Crippen LogP contribution is 2.44. The molecule has 0 saturated heterocycles. The minimum absolute atomic E-state index is 0.112. The summed E-state index contributed by atoms with van der Waals surface area (Å²) in [5, 5.41) is 0.585. The molecule has 2 atom stereocenters. The number of benzene rings is 3. The van der Waals surface area contributed by atoms with Crippen molar-refractivity contribution in [2.24, 2.45) is 0 Å². The Balaban J connectivity index is 1.71. The number of rotatable bonds is 10. The summed E-state index contributed by atoms with van der Waals surface area (Å²) in [6, 6.07) is 19.8. The van der Waals surface area contributed by atoms with Crippen LogP contribution in [0.3, 0.4) is 0 Å². The lowest BCUT2D eigenvalue weighted by molar-refractivity contribution is -0.143. The predicted octanol–water partition coefficient (Wildman–Crippen LogP) is 6.66. The molecule has 3 aromatic rings. The van der Waals surface area contributed by atoms with Crippen LogP contribution < -0.4 is 19.4 Å². The lowest BCUT2D eigenvalue weighted by atomic mass is 9.89. The number of esters is 1. The monoisotopic (exact) mass is 591 g/mol. The Morgan fingerprint density at radius 2 is 1.64 bits per heavy atom. The van der Waals surface area contributed by atoms with Crippen molar-refractivity contribution < 1.29 is 23.9 Å². The average Bonchev–Trinajstić information content (AvgIpc) is 2.96. The van der Waals surface area contributed by atoms with Gasteiger partial charge in [0.25, 0.3) is 5.91 Å². The van der Waals surface area contributed by atoms with Gasteiger partial charge in [-0.1, -0.05) is 17.7 Å². The van der Waals surface area contributed by atoms with Gasteiger partial charge in [-0.05, 0) is 86.8 Å². The number of amides is 2. The molecular weight excluding hydrogens is 554 g/mol. The zero-order valence-electron chi connectivity index (χ0n) is 24.8. The predicted molar refractivity (Wildman–Crippen MR) is 167 cm³/mol. The third-order valence-electron chi connectivity index (χ3n) is 7.33. The second-order valence-electron chi connectivity index (χ2n) is 10.6. The lowest BCUT2D eigenvalue weighted by Gasteiger charge is -2.43. The van der Waals surface area contributed by atoms with Gasteiger partial charge in [0.05, 0.1) is 24.9 Å². The zero-order chi connectivity index (χ0) is 30.4. The normalized spacial score (nSPS) is 15.9. The van der Waals surface area contributed by atoms with Gasteiger partial charge in [0.15, 0.2) is 0 Å². The number of carbonyl (C=O) groups excluding carboxylic acids is 3. The van der Waals surface area contributed by atoms with E-state index in [0.717, 1.165) is 16.9 Å². The van der Waals surface area contributed by atoms with Crippen LogP contribution >= 0.6 is 11.6 Å². The van der Waals surface area contributed by atoms with Gasteiger partial charge in [0.1, 0.15) is 5.75 Å². The molecule has 8 nitrogen and oxygen atoms in total. The summed E-state index contributed by atoms with van der Waals surface area (Å²) >= 11 is 6.14. The number of carbonyl (C=O) groups is 3. The Morgan fingerprint density at radius 1 is 0.976 bits per heavy atom. The molecule has 222 valence electrons. The van der Waals surface area contributed by atoms with Gasteiger partial charge >= 0.3 is 5.97 Å². The van der Waals surface area contributed by atoms with Crippen molar-refractivity contribution >= 4 is 46.4 Å². The van der Waals surface area contributed by atoms with Crippen LogP contribution in [0.1, 0.15) is 62.0 Å². The standard InChI is InChI=1S/C33H38ClN3O5/c1-6-41-32(39)8-7-19-42-28-17-18-29-30(37(23(3)38)27-15-11-25(34)12-16-27)20-22(2)36(31(29)21-28)33(40)24-9-13-26(14-10-24)35(4)5/h9-18,21-22,30H,6-8,19-20H2,1-5H3. The van der Waals surface area contributed by atoms with Gasteiger partial charge in [0.2, 0.25) is 5.91 Å². The summed E-state index contributed by atoms with van der Waals surface area (Å²) in [5.74, 6) is 0.0746. The second kappa shape index (κ2) is 13.7. The van der Waals surface area contributed by atoms with Gasteiger partial charge in [-0.15, -0.1) is 0 Å². The first kappa shape index (κ1) is 30.9. The molecule has 0 radical (unpaired) electrons. The van der Waals surface area contributed by atoms with E-state index in [9.17, 15) is 14.4 Å². The average molecular weight is 592 g/mol. The molecule has 0 saturated carbocycles. The maximum atomic E-state index is 14.0. The molecular formula is C33H38ClN3O5. The van der Waals surface area contributed by atoms with E-state index in [0.29, 0.717) is 48.1 Å². The fraction of sp³-hybridized carbons (Fsp3) is 0.364. The minimum atomic E-state index is -0.313. The molecule has 0 spiro atoms. The highest BCUT2D eigenvalue weighted by Gasteiger charge is 2.38. The third kappa shape index (κ3) is 7.05. The Kier molecular flexibility index (Phi) is 10.1. The summed E-state index contributed by atoms with van der Waals surface area (Å²) in [6.07, 6.45) is 1.31. The van der Waals surface area contributed by atoms with Crippen molar-refractivity contribution in [1.29, 1.82) is 0 Å². The van der Waals surface area contributed by atoms with Crippen molar-refractivity contribution in [3.8, 4) is 5.75 Å². The Hall–Kier alpha value is -4.04. The Bertz CT molecular complexity index is 1410. The molecule has 3 aromatic carbocycles. The fourth-order valence-corrected chi connectivity index (χ4v) is 5.44. The molecule has 1 heterocycles. The number of hydrogen-bond donors (Lipinski definition) is 0. The number of fused-ring (bicyclic) bond motifs is 1. The van der Waals surface area contributed by atoms with Crippen LogP contribution in [0.5, 0.6) is 5.75 Å². The first-order chi connectivity index (χ1) is 20.1. The SMILES string of the molecule is CCOC(=O)CCCOc1ccc2c(c1)N(C(=O)c1ccc(N(C)C)cc1)C(C)CC2N(C(C)=O)c1ccc(Cl)cc1. The minimum Gasteiger partial charge on any atom is -0.494 e. The molecule has 0 aliphatic carbocycles. The smallest absolute Gasteiger partial charge is 0.305 e. The van der Waals surface area contributed by atoms with E-state index >= 15 is 0 Å². The van der Waals surface area contributed by atoms with Crippen LogP contribution in [0, 0.1) is 0 Å². The summed E-state index contributed by atoms with van der Waals surface area (Å²) < 4.78 is 11.0. The maximum absolute atomic E-state index is 14.0. The van der Waals surface area contributed by atoms with Crippen LogP contribution in [0.4, 0.5) is 17.1 Å². The number of halogens is 1. The number of hydrogen-bond acceptors (Lipinski definition) is 6. The van der Waals surface area contributed by atoms with Crippen LogP contribution in [0.15, 0.2) is 66.7 Å². The van der Waals surface area contributed by atoms with E-state index in [1.165, 1.54) is 0 Å². The van der Waals surface area contributed by atoms with Crippen molar-refractivity contribution in [3.05, 3.63) is 82.9 Å². The zero-order valence-corrected chi connectivity index (χ0v) is 25.6. The fourth-order valence-electron chi connectivity index (χ4n) is 5.31.